The molecule has 1 aromatic rings. The molecule has 0 aliphatic carbocycles. The van der Waals surface area contributed by atoms with Crippen molar-refractivity contribution in [3.05, 3.63) is 23.3 Å². The molecule has 0 saturated carbocycles. The predicted octanol–water partition coefficient (Wildman–Crippen LogP) is -0.0341. The molecule has 0 aromatic heterocycles. The van der Waals surface area contributed by atoms with Crippen LogP contribution in [0.5, 0.6) is 5.75 Å². The standard InChI is InChI=1S/C10H15BO4/c1-7-8(2)10(15-6-14-3)5-4-9(7)11(12)13/h4-5,12-13H,6H2,1-3H3. The monoisotopic (exact) mass is 210 g/mol. The zero-order valence-electron chi connectivity index (χ0n) is 9.15. The van der Waals surface area contributed by atoms with Gasteiger partial charge in [-0.1, -0.05) is 6.07 Å². The summed E-state index contributed by atoms with van der Waals surface area (Å²) in [6.07, 6.45) is 0. The van der Waals surface area contributed by atoms with Gasteiger partial charge >= 0.3 is 7.12 Å². The van der Waals surface area contributed by atoms with Crippen molar-refractivity contribution in [2.45, 2.75) is 13.8 Å². The Hall–Kier alpha value is -1.04. The van der Waals surface area contributed by atoms with Gasteiger partial charge in [-0.25, -0.2) is 0 Å². The zero-order chi connectivity index (χ0) is 11.4. The highest BCUT2D eigenvalue weighted by Gasteiger charge is 2.16. The molecule has 0 amide bonds. The molecule has 0 fully saturated rings. The van der Waals surface area contributed by atoms with Crippen molar-refractivity contribution in [3.63, 3.8) is 0 Å². The number of ether oxygens (including phenoxy) is 2. The lowest BCUT2D eigenvalue weighted by molar-refractivity contribution is 0.0506. The fourth-order valence-electron chi connectivity index (χ4n) is 1.38. The largest absolute Gasteiger partial charge is 0.488 e. The molecule has 0 aliphatic heterocycles. The lowest BCUT2D eigenvalue weighted by Crippen LogP contribution is -2.32. The van der Waals surface area contributed by atoms with Crippen molar-refractivity contribution in [3.8, 4) is 5.75 Å². The van der Waals surface area contributed by atoms with E-state index in [0.717, 1.165) is 11.1 Å². The van der Waals surface area contributed by atoms with E-state index in [1.807, 2.05) is 13.8 Å². The maximum Gasteiger partial charge on any atom is 0.488 e. The Balaban J connectivity index is 2.99. The van der Waals surface area contributed by atoms with E-state index in [1.54, 1.807) is 19.2 Å². The minimum atomic E-state index is -1.44. The number of rotatable bonds is 4. The second-order valence-corrected chi connectivity index (χ2v) is 3.33. The van der Waals surface area contributed by atoms with Crippen LogP contribution in [0.1, 0.15) is 11.1 Å². The molecule has 0 saturated heterocycles. The van der Waals surface area contributed by atoms with Crippen molar-refractivity contribution in [1.82, 2.24) is 0 Å². The number of methoxy groups -OCH3 is 1. The van der Waals surface area contributed by atoms with Gasteiger partial charge in [0.15, 0.2) is 6.79 Å². The van der Waals surface area contributed by atoms with Crippen LogP contribution < -0.4 is 10.2 Å². The Morgan fingerprint density at radius 2 is 1.87 bits per heavy atom. The quantitative estimate of drug-likeness (QED) is 0.541. The van der Waals surface area contributed by atoms with Gasteiger partial charge in [-0.05, 0) is 36.5 Å². The van der Waals surface area contributed by atoms with Gasteiger partial charge in [0, 0.05) is 7.11 Å². The van der Waals surface area contributed by atoms with Gasteiger partial charge in [-0.3, -0.25) is 0 Å². The van der Waals surface area contributed by atoms with Crippen molar-refractivity contribution in [1.29, 1.82) is 0 Å². The summed E-state index contributed by atoms with van der Waals surface area (Å²) in [6.45, 7) is 3.87. The Bertz CT molecular complexity index is 338. The van der Waals surface area contributed by atoms with Crippen molar-refractivity contribution in [2.24, 2.45) is 0 Å². The SMILES string of the molecule is COCOc1ccc(B(O)O)c(C)c1C. The summed E-state index contributed by atoms with van der Waals surface area (Å²) < 4.78 is 10.1. The fourth-order valence-corrected chi connectivity index (χ4v) is 1.38. The van der Waals surface area contributed by atoms with E-state index < -0.39 is 7.12 Å². The third-order valence-electron chi connectivity index (χ3n) is 2.39. The normalized spacial score (nSPS) is 10.2. The topological polar surface area (TPSA) is 58.9 Å². The van der Waals surface area contributed by atoms with Crippen LogP contribution >= 0.6 is 0 Å². The van der Waals surface area contributed by atoms with Gasteiger partial charge in [0.1, 0.15) is 5.75 Å². The van der Waals surface area contributed by atoms with Gasteiger partial charge in [-0.15, -0.1) is 0 Å². The predicted molar refractivity (Wildman–Crippen MR) is 58.2 cm³/mol. The summed E-state index contributed by atoms with van der Waals surface area (Å²) >= 11 is 0. The molecule has 0 aliphatic rings. The molecule has 0 spiro atoms. The van der Waals surface area contributed by atoms with Gasteiger partial charge in [0.25, 0.3) is 0 Å². The molecule has 0 heterocycles. The minimum absolute atomic E-state index is 0.182. The molecule has 0 unspecified atom stereocenters. The molecule has 1 rings (SSSR count). The molecule has 0 bridgehead atoms. The van der Waals surface area contributed by atoms with Crippen molar-refractivity contribution >= 4 is 12.6 Å². The summed E-state index contributed by atoms with van der Waals surface area (Å²) in [5, 5.41) is 18.2. The molecule has 0 atom stereocenters. The van der Waals surface area contributed by atoms with Gasteiger partial charge in [0.2, 0.25) is 0 Å². The van der Waals surface area contributed by atoms with E-state index in [9.17, 15) is 0 Å². The lowest BCUT2D eigenvalue weighted by Gasteiger charge is -2.13. The average Bonchev–Trinajstić information content (AvgIpc) is 2.20. The Kier molecular flexibility index (Phi) is 4.14. The molecular weight excluding hydrogens is 195 g/mol. The maximum absolute atomic E-state index is 9.09. The lowest BCUT2D eigenvalue weighted by atomic mass is 9.76. The van der Waals surface area contributed by atoms with Gasteiger partial charge in [-0.2, -0.15) is 0 Å². The zero-order valence-corrected chi connectivity index (χ0v) is 9.15. The summed E-state index contributed by atoms with van der Waals surface area (Å²) in [5.41, 5.74) is 2.20. The van der Waals surface area contributed by atoms with Gasteiger partial charge in [0.05, 0.1) is 0 Å². The fraction of sp³-hybridized carbons (Fsp3) is 0.400. The van der Waals surface area contributed by atoms with E-state index in [0.29, 0.717) is 11.2 Å². The highest BCUT2D eigenvalue weighted by Crippen LogP contribution is 2.19. The first-order chi connectivity index (χ1) is 7.07. The number of hydrogen-bond acceptors (Lipinski definition) is 4. The minimum Gasteiger partial charge on any atom is -0.467 e. The summed E-state index contributed by atoms with van der Waals surface area (Å²) in [7, 11) is 0.105. The summed E-state index contributed by atoms with van der Waals surface area (Å²) in [4.78, 5) is 0. The van der Waals surface area contributed by atoms with Crippen LogP contribution in [0.4, 0.5) is 0 Å². The van der Waals surface area contributed by atoms with Crippen LogP contribution in [0.25, 0.3) is 0 Å². The third kappa shape index (κ3) is 2.71. The van der Waals surface area contributed by atoms with Crippen LogP contribution in [-0.2, 0) is 4.74 Å². The first kappa shape index (κ1) is 12.0. The molecule has 0 radical (unpaired) electrons. The van der Waals surface area contributed by atoms with Gasteiger partial charge < -0.3 is 19.5 Å². The van der Waals surface area contributed by atoms with Crippen LogP contribution in [0.2, 0.25) is 0 Å². The summed E-state index contributed by atoms with van der Waals surface area (Å²) in [5.74, 6) is 0.693. The molecular formula is C10H15BO4. The van der Waals surface area contributed by atoms with Crippen molar-refractivity contribution in [2.75, 3.05) is 13.9 Å². The molecule has 1 aromatic carbocycles. The Morgan fingerprint density at radius 3 is 2.40 bits per heavy atom. The van der Waals surface area contributed by atoms with E-state index >= 15 is 0 Å². The number of benzene rings is 1. The van der Waals surface area contributed by atoms with E-state index in [2.05, 4.69) is 0 Å². The summed E-state index contributed by atoms with van der Waals surface area (Å²) in [6, 6.07) is 3.34. The van der Waals surface area contributed by atoms with E-state index in [-0.39, 0.29) is 6.79 Å². The molecule has 5 heteroatoms. The van der Waals surface area contributed by atoms with E-state index in [1.165, 1.54) is 0 Å². The first-order valence-electron chi connectivity index (χ1n) is 4.66. The smallest absolute Gasteiger partial charge is 0.467 e. The van der Waals surface area contributed by atoms with Crippen LogP contribution in [0.3, 0.4) is 0 Å². The van der Waals surface area contributed by atoms with E-state index in [4.69, 9.17) is 19.5 Å². The van der Waals surface area contributed by atoms with Crippen LogP contribution in [-0.4, -0.2) is 31.1 Å². The van der Waals surface area contributed by atoms with Crippen LogP contribution in [0.15, 0.2) is 12.1 Å². The third-order valence-corrected chi connectivity index (χ3v) is 2.39. The molecule has 15 heavy (non-hydrogen) atoms. The second kappa shape index (κ2) is 5.16. The average molecular weight is 210 g/mol. The molecule has 4 nitrogen and oxygen atoms in total. The number of hydrogen-bond donors (Lipinski definition) is 2. The first-order valence-corrected chi connectivity index (χ1v) is 4.66. The maximum atomic E-state index is 9.09. The van der Waals surface area contributed by atoms with Crippen LogP contribution in [0, 0.1) is 13.8 Å². The highest BCUT2D eigenvalue weighted by molar-refractivity contribution is 6.59. The molecule has 82 valence electrons. The second-order valence-electron chi connectivity index (χ2n) is 3.33. The highest BCUT2D eigenvalue weighted by atomic mass is 16.7. The Morgan fingerprint density at radius 1 is 1.20 bits per heavy atom. The molecule has 2 N–H and O–H groups in total. The van der Waals surface area contributed by atoms with Crippen molar-refractivity contribution < 1.29 is 19.5 Å². The Labute approximate surface area is 89.6 Å².